The van der Waals surface area contributed by atoms with E-state index in [0.29, 0.717) is 11.5 Å². The topological polar surface area (TPSA) is 164 Å². The number of hydroxylamine groups is 1. The van der Waals surface area contributed by atoms with Crippen molar-refractivity contribution < 1.29 is 23.2 Å². The smallest absolute Gasteiger partial charge is 0.328 e. The molecule has 0 bridgehead atoms. The summed E-state index contributed by atoms with van der Waals surface area (Å²) in [4.78, 5) is 41.4. The number of pyridine rings is 1. The SMILES string of the molecule is CN(C(CCn1cc(Cl)c(=O)[nH]c1=O)C(=O)NO)S(=O)(=O)c1ccc(Oc2ccncc2)cc1. The molecule has 0 aliphatic rings. The first-order valence-corrected chi connectivity index (χ1v) is 11.5. The third-order valence-corrected chi connectivity index (χ3v) is 7.00. The summed E-state index contributed by atoms with van der Waals surface area (Å²) in [5.74, 6) is -0.112. The average Bonchev–Trinajstić information content (AvgIpc) is 2.83. The van der Waals surface area contributed by atoms with Crippen LogP contribution in [0.15, 0.2) is 69.5 Å². The lowest BCUT2D eigenvalue weighted by Crippen LogP contribution is -2.47. The van der Waals surface area contributed by atoms with Crippen LogP contribution in [-0.4, -0.2) is 51.5 Å². The molecule has 180 valence electrons. The number of benzene rings is 1. The van der Waals surface area contributed by atoms with E-state index in [9.17, 15) is 22.8 Å². The number of ether oxygens (including phenoxy) is 1. The Morgan fingerprint density at radius 3 is 2.44 bits per heavy atom. The van der Waals surface area contributed by atoms with E-state index in [-0.39, 0.29) is 22.9 Å². The van der Waals surface area contributed by atoms with Crippen molar-refractivity contribution in [3.8, 4) is 11.5 Å². The number of hydrogen-bond acceptors (Lipinski definition) is 8. The number of likely N-dealkylation sites (N-methyl/N-ethyl adjacent to an activating group) is 1. The van der Waals surface area contributed by atoms with Crippen LogP contribution in [0.5, 0.6) is 11.5 Å². The Morgan fingerprint density at radius 1 is 1.21 bits per heavy atom. The third-order valence-electron chi connectivity index (χ3n) is 4.85. The first-order chi connectivity index (χ1) is 16.1. The number of aromatic nitrogens is 3. The van der Waals surface area contributed by atoms with Crippen molar-refractivity contribution in [2.24, 2.45) is 0 Å². The minimum Gasteiger partial charge on any atom is -0.457 e. The fourth-order valence-corrected chi connectivity index (χ4v) is 4.53. The number of nitrogens with one attached hydrogen (secondary N) is 2. The highest BCUT2D eigenvalue weighted by Crippen LogP contribution is 2.24. The molecule has 0 radical (unpaired) electrons. The molecule has 2 aromatic heterocycles. The van der Waals surface area contributed by atoms with Crippen LogP contribution in [0.4, 0.5) is 0 Å². The van der Waals surface area contributed by atoms with E-state index in [1.165, 1.54) is 36.8 Å². The standard InChI is InChI=1S/C20H20ClN5O7S/c1-25(17(19(28)24-30)8-11-26-12-16(21)18(27)23-20(26)29)34(31,32)15-4-2-13(3-5-15)33-14-6-9-22-10-7-14/h2-7,9-10,12,17,30H,8,11H2,1H3,(H,24,28)(H,23,27,29). The Balaban J connectivity index is 1.80. The maximum atomic E-state index is 13.1. The zero-order chi connectivity index (χ0) is 24.9. The van der Waals surface area contributed by atoms with Crippen LogP contribution in [0.3, 0.4) is 0 Å². The summed E-state index contributed by atoms with van der Waals surface area (Å²) in [7, 11) is -3.02. The Kier molecular flexibility index (Phi) is 7.83. The van der Waals surface area contributed by atoms with Gasteiger partial charge in [-0.3, -0.25) is 29.3 Å². The van der Waals surface area contributed by atoms with Crippen molar-refractivity contribution in [3.63, 3.8) is 0 Å². The Bertz CT molecular complexity index is 1370. The van der Waals surface area contributed by atoms with Gasteiger partial charge in [-0.2, -0.15) is 4.31 Å². The first kappa shape index (κ1) is 25.1. The van der Waals surface area contributed by atoms with E-state index in [2.05, 4.69) is 4.98 Å². The van der Waals surface area contributed by atoms with Gasteiger partial charge in [0.15, 0.2) is 0 Å². The Morgan fingerprint density at radius 2 is 1.82 bits per heavy atom. The molecule has 14 heteroatoms. The van der Waals surface area contributed by atoms with Crippen molar-refractivity contribution in [2.75, 3.05) is 7.05 Å². The lowest BCUT2D eigenvalue weighted by molar-refractivity contribution is -0.133. The van der Waals surface area contributed by atoms with Gasteiger partial charge in [-0.1, -0.05) is 11.6 Å². The lowest BCUT2D eigenvalue weighted by Gasteiger charge is -2.26. The van der Waals surface area contributed by atoms with Gasteiger partial charge in [0.2, 0.25) is 10.0 Å². The Hall–Kier alpha value is -3.52. The first-order valence-electron chi connectivity index (χ1n) is 9.72. The minimum absolute atomic E-state index is 0.128. The van der Waals surface area contributed by atoms with Gasteiger partial charge >= 0.3 is 5.69 Å². The molecule has 0 spiro atoms. The molecule has 0 aliphatic carbocycles. The molecule has 0 saturated carbocycles. The molecule has 0 saturated heterocycles. The number of amides is 1. The van der Waals surface area contributed by atoms with E-state index in [0.717, 1.165) is 15.1 Å². The molecule has 2 heterocycles. The second-order valence-electron chi connectivity index (χ2n) is 6.99. The quantitative estimate of drug-likeness (QED) is 0.283. The van der Waals surface area contributed by atoms with Crippen molar-refractivity contribution in [1.29, 1.82) is 0 Å². The maximum absolute atomic E-state index is 13.1. The number of carbonyl (C=O) groups excluding carboxylic acids is 1. The predicted molar refractivity (Wildman–Crippen MR) is 120 cm³/mol. The number of aryl methyl sites for hydroxylation is 1. The van der Waals surface area contributed by atoms with Gasteiger partial charge in [0.1, 0.15) is 22.6 Å². The fraction of sp³-hybridized carbons (Fsp3) is 0.200. The van der Waals surface area contributed by atoms with E-state index >= 15 is 0 Å². The van der Waals surface area contributed by atoms with Crippen LogP contribution in [0, 0.1) is 0 Å². The summed E-state index contributed by atoms with van der Waals surface area (Å²) >= 11 is 5.73. The molecule has 3 rings (SSSR count). The number of halogens is 1. The molecule has 3 N–H and O–H groups in total. The minimum atomic E-state index is -4.19. The van der Waals surface area contributed by atoms with Gasteiger partial charge in [0.25, 0.3) is 11.5 Å². The molecular weight excluding hydrogens is 490 g/mol. The van der Waals surface area contributed by atoms with Crippen LogP contribution in [0.2, 0.25) is 5.02 Å². The normalized spacial score (nSPS) is 12.4. The van der Waals surface area contributed by atoms with Crippen molar-refractivity contribution in [3.05, 3.63) is 80.8 Å². The predicted octanol–water partition coefficient (Wildman–Crippen LogP) is 0.962. The molecule has 3 aromatic rings. The summed E-state index contributed by atoms with van der Waals surface area (Å²) in [5.41, 5.74) is -0.123. The van der Waals surface area contributed by atoms with Crippen LogP contribution in [-0.2, 0) is 21.4 Å². The highest BCUT2D eigenvalue weighted by atomic mass is 35.5. The molecule has 0 aliphatic heterocycles. The largest absolute Gasteiger partial charge is 0.457 e. The number of aromatic amines is 1. The second kappa shape index (κ2) is 10.6. The number of H-pyrrole nitrogens is 1. The second-order valence-corrected chi connectivity index (χ2v) is 9.39. The molecule has 0 fully saturated rings. The van der Waals surface area contributed by atoms with Crippen LogP contribution >= 0.6 is 11.6 Å². The summed E-state index contributed by atoms with van der Waals surface area (Å²) in [5, 5.41) is 8.87. The van der Waals surface area contributed by atoms with Gasteiger partial charge < -0.3 is 4.74 Å². The van der Waals surface area contributed by atoms with E-state index in [1.54, 1.807) is 24.5 Å². The molecule has 1 unspecified atom stereocenters. The van der Waals surface area contributed by atoms with E-state index < -0.39 is 33.2 Å². The Labute approximate surface area is 198 Å². The number of carbonyl (C=O) groups is 1. The summed E-state index contributed by atoms with van der Waals surface area (Å²) in [6.45, 7) is -0.175. The third kappa shape index (κ3) is 5.69. The van der Waals surface area contributed by atoms with Crippen molar-refractivity contribution in [2.45, 2.75) is 23.9 Å². The maximum Gasteiger partial charge on any atom is 0.328 e. The number of rotatable bonds is 9. The van der Waals surface area contributed by atoms with Gasteiger partial charge in [0, 0.05) is 32.2 Å². The molecular formula is C20H20ClN5O7S. The zero-order valence-electron chi connectivity index (χ0n) is 17.7. The fourth-order valence-electron chi connectivity index (χ4n) is 3.02. The van der Waals surface area contributed by atoms with Crippen molar-refractivity contribution >= 4 is 27.5 Å². The molecule has 34 heavy (non-hydrogen) atoms. The number of sulfonamides is 1. The number of nitrogens with zero attached hydrogens (tertiary/aromatic N) is 3. The molecule has 1 amide bonds. The van der Waals surface area contributed by atoms with Gasteiger partial charge in [-0.05, 0) is 42.8 Å². The average molecular weight is 510 g/mol. The van der Waals surface area contributed by atoms with Gasteiger partial charge in [0.05, 0.1) is 4.90 Å². The summed E-state index contributed by atoms with van der Waals surface area (Å²) in [6, 6.07) is 7.40. The summed E-state index contributed by atoms with van der Waals surface area (Å²) in [6.07, 6.45) is 3.95. The van der Waals surface area contributed by atoms with Gasteiger partial charge in [-0.25, -0.2) is 18.7 Å². The summed E-state index contributed by atoms with van der Waals surface area (Å²) < 4.78 is 33.6. The zero-order valence-corrected chi connectivity index (χ0v) is 19.3. The van der Waals surface area contributed by atoms with Crippen LogP contribution < -0.4 is 21.5 Å². The van der Waals surface area contributed by atoms with E-state index in [4.69, 9.17) is 21.5 Å². The van der Waals surface area contributed by atoms with Gasteiger partial charge in [-0.15, -0.1) is 0 Å². The van der Waals surface area contributed by atoms with Crippen LogP contribution in [0.1, 0.15) is 6.42 Å². The molecule has 1 atom stereocenters. The monoisotopic (exact) mass is 509 g/mol. The van der Waals surface area contributed by atoms with Crippen LogP contribution in [0.25, 0.3) is 0 Å². The highest BCUT2D eigenvalue weighted by Gasteiger charge is 2.33. The number of hydrogen-bond donors (Lipinski definition) is 3. The van der Waals surface area contributed by atoms with Crippen molar-refractivity contribution in [1.82, 2.24) is 24.3 Å². The lowest BCUT2D eigenvalue weighted by atomic mass is 10.2. The van der Waals surface area contributed by atoms with E-state index in [1.807, 2.05) is 4.98 Å². The molecule has 12 nitrogen and oxygen atoms in total. The highest BCUT2D eigenvalue weighted by molar-refractivity contribution is 7.89. The molecule has 1 aromatic carbocycles.